The predicted molar refractivity (Wildman–Crippen MR) is 157 cm³/mol. The van der Waals surface area contributed by atoms with Crippen molar-refractivity contribution in [1.29, 1.82) is 0 Å². The number of benzene rings is 2. The van der Waals surface area contributed by atoms with E-state index in [1.807, 2.05) is 24.3 Å². The molecule has 1 aliphatic heterocycles. The summed E-state index contributed by atoms with van der Waals surface area (Å²) < 4.78 is 86.0. The van der Waals surface area contributed by atoms with E-state index >= 15 is 0 Å². The highest BCUT2D eigenvalue weighted by atomic mass is 19.3. The molecule has 0 radical (unpaired) electrons. The molecule has 3 atom stereocenters. The van der Waals surface area contributed by atoms with Crippen LogP contribution in [0.1, 0.15) is 23.7 Å². The summed E-state index contributed by atoms with van der Waals surface area (Å²) in [6, 6.07) is 12.8. The number of halogens is 6. The van der Waals surface area contributed by atoms with Crippen LogP contribution < -0.4 is 5.32 Å². The van der Waals surface area contributed by atoms with Crippen molar-refractivity contribution in [3.05, 3.63) is 108 Å². The lowest BCUT2D eigenvalue weighted by atomic mass is 9.94. The quantitative estimate of drug-likeness (QED) is 0.221. The number of alkyl halides is 4. The fourth-order valence-electron chi connectivity index (χ4n) is 5.96. The molecule has 4 aromatic rings. The Morgan fingerprint density at radius 3 is 2.56 bits per heavy atom. The summed E-state index contributed by atoms with van der Waals surface area (Å²) in [4.78, 5) is 22.3. The number of nitrogens with one attached hydrogen (secondary N) is 1. The van der Waals surface area contributed by atoms with Gasteiger partial charge in [-0.05, 0) is 53.5 Å². The van der Waals surface area contributed by atoms with Gasteiger partial charge in [0.05, 0.1) is 11.7 Å². The van der Waals surface area contributed by atoms with Gasteiger partial charge in [0, 0.05) is 47.1 Å². The number of carbonyl (C=O) groups excluding carboxylic acids is 1. The van der Waals surface area contributed by atoms with Crippen molar-refractivity contribution in [2.24, 2.45) is 16.9 Å². The molecule has 0 saturated heterocycles. The van der Waals surface area contributed by atoms with E-state index in [0.29, 0.717) is 27.9 Å². The molecule has 2 unspecified atom stereocenters. The predicted octanol–water partition coefficient (Wildman–Crippen LogP) is 6.74. The number of hydrazone groups is 1. The number of aromatic nitrogens is 2. The van der Waals surface area contributed by atoms with Gasteiger partial charge < -0.3 is 5.32 Å². The SMILES string of the molecule is C=C1/C(C(F)F)=N\N(CC(=O)N[C@@H](Cc2cc(F)cc(F)c2)c2ncccc2-c2cncc3ccccc23)CC(F)(F)C2CC12. The fourth-order valence-corrected chi connectivity index (χ4v) is 5.96. The minimum Gasteiger partial charge on any atom is -0.346 e. The van der Waals surface area contributed by atoms with Crippen molar-refractivity contribution in [3.8, 4) is 11.1 Å². The number of pyridine rings is 2. The molecule has 2 aromatic heterocycles. The summed E-state index contributed by atoms with van der Waals surface area (Å²) in [7, 11) is 0. The van der Waals surface area contributed by atoms with Gasteiger partial charge in [-0.1, -0.05) is 36.9 Å². The van der Waals surface area contributed by atoms with E-state index in [9.17, 15) is 31.1 Å². The minimum absolute atomic E-state index is 0.00928. The van der Waals surface area contributed by atoms with Crippen molar-refractivity contribution >= 4 is 22.4 Å². The van der Waals surface area contributed by atoms with Gasteiger partial charge in [0.25, 0.3) is 12.3 Å². The smallest absolute Gasteiger partial charge is 0.282 e. The zero-order valence-corrected chi connectivity index (χ0v) is 23.7. The number of nitrogens with zero attached hydrogens (tertiary/aromatic N) is 4. The molecule has 0 spiro atoms. The third-order valence-electron chi connectivity index (χ3n) is 8.11. The Bertz CT molecular complexity index is 1790. The van der Waals surface area contributed by atoms with Crippen LogP contribution in [0.25, 0.3) is 21.9 Å². The molecule has 45 heavy (non-hydrogen) atoms. The molecular formula is C33H27F6N5O. The summed E-state index contributed by atoms with van der Waals surface area (Å²) in [6.45, 7) is 1.75. The van der Waals surface area contributed by atoms with E-state index in [2.05, 4.69) is 27.0 Å². The van der Waals surface area contributed by atoms with Crippen LogP contribution in [0.15, 0.2) is 90.4 Å². The van der Waals surface area contributed by atoms with Gasteiger partial charge in [0.2, 0.25) is 5.91 Å². The summed E-state index contributed by atoms with van der Waals surface area (Å²) in [5.74, 6) is -7.74. The van der Waals surface area contributed by atoms with Crippen molar-refractivity contribution < 1.29 is 31.1 Å². The molecule has 1 N–H and O–H groups in total. The van der Waals surface area contributed by atoms with Crippen LogP contribution in [0.4, 0.5) is 26.3 Å². The van der Waals surface area contributed by atoms with Crippen LogP contribution in [-0.2, 0) is 11.2 Å². The third kappa shape index (κ3) is 6.40. The molecule has 2 aromatic carbocycles. The molecular weight excluding hydrogens is 596 g/mol. The maximum atomic E-state index is 15.0. The average Bonchev–Trinajstić information content (AvgIpc) is 3.80. The molecule has 6 rings (SSSR count). The van der Waals surface area contributed by atoms with E-state index in [0.717, 1.165) is 22.9 Å². The van der Waals surface area contributed by atoms with Crippen LogP contribution in [0.5, 0.6) is 0 Å². The molecule has 6 nitrogen and oxygen atoms in total. The second-order valence-electron chi connectivity index (χ2n) is 11.3. The van der Waals surface area contributed by atoms with Crippen LogP contribution in [0, 0.1) is 23.5 Å². The zero-order valence-electron chi connectivity index (χ0n) is 23.7. The van der Waals surface area contributed by atoms with Crippen LogP contribution in [-0.4, -0.2) is 52.0 Å². The van der Waals surface area contributed by atoms with E-state index < -0.39 is 66.6 Å². The average molecular weight is 624 g/mol. The highest BCUT2D eigenvalue weighted by Crippen LogP contribution is 2.54. The molecule has 1 fully saturated rings. The zero-order chi connectivity index (χ0) is 31.9. The van der Waals surface area contributed by atoms with Gasteiger partial charge in [0.1, 0.15) is 30.4 Å². The maximum Gasteiger partial charge on any atom is 0.282 e. The Kier molecular flexibility index (Phi) is 8.07. The highest BCUT2D eigenvalue weighted by molar-refractivity contribution is 6.03. The van der Waals surface area contributed by atoms with Gasteiger partial charge in [-0.3, -0.25) is 19.8 Å². The Labute approximate surface area is 254 Å². The van der Waals surface area contributed by atoms with E-state index in [1.54, 1.807) is 24.5 Å². The number of hydrogen-bond donors (Lipinski definition) is 1. The van der Waals surface area contributed by atoms with Crippen molar-refractivity contribution in [1.82, 2.24) is 20.3 Å². The van der Waals surface area contributed by atoms with Gasteiger partial charge in [-0.25, -0.2) is 26.3 Å². The molecule has 1 amide bonds. The lowest BCUT2D eigenvalue weighted by Gasteiger charge is -2.29. The number of amides is 1. The number of carbonyl (C=O) groups is 1. The van der Waals surface area contributed by atoms with Gasteiger partial charge in [-0.2, -0.15) is 5.10 Å². The minimum atomic E-state index is -3.29. The second kappa shape index (κ2) is 12.0. The van der Waals surface area contributed by atoms with Crippen LogP contribution in [0.2, 0.25) is 0 Å². The Balaban J connectivity index is 1.36. The summed E-state index contributed by atoms with van der Waals surface area (Å²) >= 11 is 0. The van der Waals surface area contributed by atoms with Crippen LogP contribution in [0.3, 0.4) is 0 Å². The van der Waals surface area contributed by atoms with E-state index in [4.69, 9.17) is 0 Å². The highest BCUT2D eigenvalue weighted by Gasteiger charge is 2.58. The standard InChI is InChI=1S/C33H27F6N5O/c1-18-25-13-27(25)33(38,39)17-44(43-30(18)32(36)37)16-29(45)42-28(11-19-9-21(34)12-22(35)10-19)31-24(7-4-8-41-31)26-15-40-14-20-5-2-3-6-23(20)26/h2-10,12,14-15,25,27-28,32H,1,11,13,16-17H2,(H,42,45)/b43-30+/t25?,27?,28-/m0/s1. The largest absolute Gasteiger partial charge is 0.346 e. The first-order valence-electron chi connectivity index (χ1n) is 14.2. The normalized spacial score (nSPS) is 21.0. The third-order valence-corrected chi connectivity index (χ3v) is 8.11. The summed E-state index contributed by atoms with van der Waals surface area (Å²) in [6.07, 6.45) is 1.61. The lowest BCUT2D eigenvalue weighted by Crippen LogP contribution is -2.44. The van der Waals surface area contributed by atoms with Crippen molar-refractivity contribution in [2.75, 3.05) is 13.1 Å². The van der Waals surface area contributed by atoms with Gasteiger partial charge >= 0.3 is 0 Å². The molecule has 3 heterocycles. The first kappa shape index (κ1) is 30.3. The number of allylic oxidation sites excluding steroid dienone is 1. The molecule has 0 bridgehead atoms. The topological polar surface area (TPSA) is 70.5 Å². The van der Waals surface area contributed by atoms with Crippen molar-refractivity contribution in [3.63, 3.8) is 0 Å². The Morgan fingerprint density at radius 2 is 1.80 bits per heavy atom. The van der Waals surface area contributed by atoms with Crippen LogP contribution >= 0.6 is 0 Å². The number of fused-ring (bicyclic) bond motifs is 2. The fraction of sp³-hybridized carbons (Fsp3) is 0.273. The first-order valence-corrected chi connectivity index (χ1v) is 14.2. The Hall–Kier alpha value is -4.74. The monoisotopic (exact) mass is 623 g/mol. The second-order valence-corrected chi connectivity index (χ2v) is 11.3. The summed E-state index contributed by atoms with van der Waals surface area (Å²) in [5, 5.41) is 8.78. The number of rotatable bonds is 8. The molecule has 2 aliphatic rings. The molecule has 12 heteroatoms. The first-order chi connectivity index (χ1) is 21.5. The van der Waals surface area contributed by atoms with Gasteiger partial charge in [0.15, 0.2) is 0 Å². The van der Waals surface area contributed by atoms with Gasteiger partial charge in [-0.15, -0.1) is 0 Å². The number of hydrogen-bond acceptors (Lipinski definition) is 5. The maximum absolute atomic E-state index is 15.0. The van der Waals surface area contributed by atoms with Crippen molar-refractivity contribution in [2.45, 2.75) is 31.2 Å². The van der Waals surface area contributed by atoms with E-state index in [1.165, 1.54) is 6.20 Å². The molecule has 232 valence electrons. The molecule has 1 saturated carbocycles. The van der Waals surface area contributed by atoms with E-state index in [-0.39, 0.29) is 24.0 Å². The lowest BCUT2D eigenvalue weighted by molar-refractivity contribution is -0.124. The molecule has 1 aliphatic carbocycles. The summed E-state index contributed by atoms with van der Waals surface area (Å²) in [5.41, 5.74) is 0.861. The Morgan fingerprint density at radius 1 is 1.04 bits per heavy atom.